The fourth-order valence-electron chi connectivity index (χ4n) is 1.40. The predicted molar refractivity (Wildman–Crippen MR) is 67.8 cm³/mol. The van der Waals surface area contributed by atoms with Crippen molar-refractivity contribution >= 4 is 21.6 Å². The molecule has 3 N–H and O–H groups in total. The van der Waals surface area contributed by atoms with Gasteiger partial charge in [0.05, 0.1) is 17.4 Å². The van der Waals surface area contributed by atoms with Gasteiger partial charge in [0.2, 0.25) is 0 Å². The lowest BCUT2D eigenvalue weighted by Crippen LogP contribution is -2.19. The predicted octanol–water partition coefficient (Wildman–Crippen LogP) is 0.376. The molecule has 0 radical (unpaired) electrons. The van der Waals surface area contributed by atoms with Crippen LogP contribution in [0, 0.1) is 0 Å². The van der Waals surface area contributed by atoms with Crippen molar-refractivity contribution in [3.8, 4) is 0 Å². The summed E-state index contributed by atoms with van der Waals surface area (Å²) >= 11 is 0. The fourth-order valence-corrected chi connectivity index (χ4v) is 2.43. The van der Waals surface area contributed by atoms with E-state index in [0.717, 1.165) is 0 Å². The molecular weight excluding hydrogens is 268 g/mol. The van der Waals surface area contributed by atoms with Crippen LogP contribution >= 0.6 is 0 Å². The lowest BCUT2D eigenvalue weighted by Gasteiger charge is -2.09. The summed E-state index contributed by atoms with van der Waals surface area (Å²) < 4.78 is 26.3. The summed E-state index contributed by atoms with van der Waals surface area (Å²) in [5, 5.41) is 0. The van der Waals surface area contributed by atoms with Crippen molar-refractivity contribution in [2.24, 2.45) is 5.73 Å². The highest BCUT2D eigenvalue weighted by Crippen LogP contribution is 2.17. The lowest BCUT2D eigenvalue weighted by atomic mass is 10.2. The molecular formula is C11H10N4O3S. The standard InChI is InChI=1S/C11H10N4O3S/c12-11(16)9-3-5-14-7-10(9)15-19(17,18)8-2-1-4-13-6-8/h1-7,15H,(H2,12,16). The van der Waals surface area contributed by atoms with Crippen molar-refractivity contribution in [2.45, 2.75) is 4.90 Å². The molecule has 0 aliphatic heterocycles. The summed E-state index contributed by atoms with van der Waals surface area (Å²) in [5.41, 5.74) is 5.23. The molecule has 0 bridgehead atoms. The summed E-state index contributed by atoms with van der Waals surface area (Å²) in [6.07, 6.45) is 5.22. The largest absolute Gasteiger partial charge is 0.366 e. The van der Waals surface area contributed by atoms with E-state index >= 15 is 0 Å². The minimum absolute atomic E-state index is 0.0192. The van der Waals surface area contributed by atoms with Crippen molar-refractivity contribution in [3.05, 3.63) is 48.5 Å². The molecule has 0 saturated carbocycles. The first kappa shape index (κ1) is 13.0. The van der Waals surface area contributed by atoms with Gasteiger partial charge in [-0.25, -0.2) is 8.42 Å². The van der Waals surface area contributed by atoms with Gasteiger partial charge in [0.25, 0.3) is 15.9 Å². The molecule has 0 fully saturated rings. The fraction of sp³-hybridized carbons (Fsp3) is 0. The Bertz CT molecular complexity index is 701. The third-order valence-electron chi connectivity index (χ3n) is 2.28. The number of aromatic nitrogens is 2. The second kappa shape index (κ2) is 5.02. The van der Waals surface area contributed by atoms with E-state index in [1.165, 1.54) is 43.0 Å². The summed E-state index contributed by atoms with van der Waals surface area (Å²) in [6, 6.07) is 4.21. The first-order valence-electron chi connectivity index (χ1n) is 5.17. The van der Waals surface area contributed by atoms with Crippen LogP contribution in [0.25, 0.3) is 0 Å². The number of rotatable bonds is 4. The van der Waals surface area contributed by atoms with E-state index in [1.54, 1.807) is 0 Å². The molecule has 2 aromatic rings. The number of nitrogens with two attached hydrogens (primary N) is 1. The highest BCUT2D eigenvalue weighted by molar-refractivity contribution is 7.92. The van der Waals surface area contributed by atoms with Gasteiger partial charge < -0.3 is 5.73 Å². The Morgan fingerprint density at radius 1 is 1.16 bits per heavy atom. The topological polar surface area (TPSA) is 115 Å². The molecule has 0 spiro atoms. The normalized spacial score (nSPS) is 10.9. The molecule has 8 heteroatoms. The van der Waals surface area contributed by atoms with Gasteiger partial charge in [0.15, 0.2) is 0 Å². The average Bonchev–Trinajstić information content (AvgIpc) is 2.39. The number of nitrogens with zero attached hydrogens (tertiary/aromatic N) is 2. The van der Waals surface area contributed by atoms with E-state index in [0.29, 0.717) is 0 Å². The first-order valence-corrected chi connectivity index (χ1v) is 6.66. The molecule has 0 atom stereocenters. The second-order valence-corrected chi connectivity index (χ2v) is 5.26. The van der Waals surface area contributed by atoms with Crippen LogP contribution in [0.1, 0.15) is 10.4 Å². The molecule has 98 valence electrons. The average molecular weight is 278 g/mol. The monoisotopic (exact) mass is 278 g/mol. The van der Waals surface area contributed by atoms with Crippen LogP contribution in [0.15, 0.2) is 47.9 Å². The minimum Gasteiger partial charge on any atom is -0.366 e. The second-order valence-electron chi connectivity index (χ2n) is 3.58. The van der Waals surface area contributed by atoms with E-state index in [9.17, 15) is 13.2 Å². The van der Waals surface area contributed by atoms with Gasteiger partial charge in [-0.2, -0.15) is 0 Å². The third-order valence-corrected chi connectivity index (χ3v) is 3.63. The molecule has 0 saturated heterocycles. The zero-order chi connectivity index (χ0) is 13.9. The zero-order valence-corrected chi connectivity index (χ0v) is 10.5. The van der Waals surface area contributed by atoms with E-state index in [2.05, 4.69) is 14.7 Å². The lowest BCUT2D eigenvalue weighted by molar-refractivity contribution is 0.100. The first-order chi connectivity index (χ1) is 9.00. The van der Waals surface area contributed by atoms with Crippen LogP contribution in [-0.4, -0.2) is 24.3 Å². The molecule has 0 aromatic carbocycles. The van der Waals surface area contributed by atoms with Crippen molar-refractivity contribution in [3.63, 3.8) is 0 Å². The Kier molecular flexibility index (Phi) is 3.43. The minimum atomic E-state index is -3.83. The number of sulfonamides is 1. The smallest absolute Gasteiger partial charge is 0.263 e. The summed E-state index contributed by atoms with van der Waals surface area (Å²) in [6.45, 7) is 0. The number of anilines is 1. The molecule has 0 aliphatic carbocycles. The number of carbonyl (C=O) groups excluding carboxylic acids is 1. The Morgan fingerprint density at radius 2 is 1.89 bits per heavy atom. The zero-order valence-electron chi connectivity index (χ0n) is 9.65. The van der Waals surface area contributed by atoms with Crippen molar-refractivity contribution in [1.29, 1.82) is 0 Å². The van der Waals surface area contributed by atoms with Gasteiger partial charge in [-0.1, -0.05) is 0 Å². The maximum Gasteiger partial charge on any atom is 0.263 e. The van der Waals surface area contributed by atoms with Crippen molar-refractivity contribution < 1.29 is 13.2 Å². The Balaban J connectivity index is 2.39. The van der Waals surface area contributed by atoms with Crippen molar-refractivity contribution in [2.75, 3.05) is 4.72 Å². The van der Waals surface area contributed by atoms with E-state index in [-0.39, 0.29) is 16.1 Å². The maximum absolute atomic E-state index is 12.0. The molecule has 2 rings (SSSR count). The highest BCUT2D eigenvalue weighted by Gasteiger charge is 2.17. The molecule has 2 aromatic heterocycles. The van der Waals surface area contributed by atoms with E-state index in [4.69, 9.17) is 5.73 Å². The SMILES string of the molecule is NC(=O)c1ccncc1NS(=O)(=O)c1cccnc1. The number of hydrogen-bond acceptors (Lipinski definition) is 5. The number of amides is 1. The van der Waals surface area contributed by atoms with Gasteiger partial charge in [0, 0.05) is 18.6 Å². The number of pyridine rings is 2. The van der Waals surface area contributed by atoms with Crippen molar-refractivity contribution in [1.82, 2.24) is 9.97 Å². The van der Waals surface area contributed by atoms with Crippen LogP contribution in [0.2, 0.25) is 0 Å². The quantitative estimate of drug-likeness (QED) is 0.838. The third kappa shape index (κ3) is 2.86. The molecule has 1 amide bonds. The van der Waals surface area contributed by atoms with Gasteiger partial charge in [0.1, 0.15) is 4.90 Å². The van der Waals surface area contributed by atoms with Gasteiger partial charge >= 0.3 is 0 Å². The van der Waals surface area contributed by atoms with Gasteiger partial charge in [-0.15, -0.1) is 0 Å². The number of primary amides is 1. The summed E-state index contributed by atoms with van der Waals surface area (Å²) in [4.78, 5) is 18.7. The Hall–Kier alpha value is -2.48. The summed E-state index contributed by atoms with van der Waals surface area (Å²) in [7, 11) is -3.83. The Morgan fingerprint density at radius 3 is 2.53 bits per heavy atom. The van der Waals surface area contributed by atoms with E-state index < -0.39 is 15.9 Å². The number of hydrogen-bond donors (Lipinski definition) is 2. The molecule has 0 unspecified atom stereocenters. The highest BCUT2D eigenvalue weighted by atomic mass is 32.2. The van der Waals surface area contributed by atoms with Crippen LogP contribution in [-0.2, 0) is 10.0 Å². The van der Waals surface area contributed by atoms with Crippen LogP contribution in [0.4, 0.5) is 5.69 Å². The molecule has 2 heterocycles. The Labute approximate surface area is 109 Å². The van der Waals surface area contributed by atoms with E-state index in [1.807, 2.05) is 0 Å². The van der Waals surface area contributed by atoms with Gasteiger partial charge in [-0.05, 0) is 18.2 Å². The van der Waals surface area contributed by atoms with Crippen LogP contribution in [0.3, 0.4) is 0 Å². The molecule has 19 heavy (non-hydrogen) atoms. The molecule has 0 aliphatic rings. The number of carbonyl (C=O) groups is 1. The number of nitrogens with one attached hydrogen (secondary N) is 1. The van der Waals surface area contributed by atoms with Gasteiger partial charge in [-0.3, -0.25) is 19.5 Å². The molecule has 7 nitrogen and oxygen atoms in total. The van der Waals surface area contributed by atoms with Crippen LogP contribution < -0.4 is 10.5 Å². The van der Waals surface area contributed by atoms with Crippen LogP contribution in [0.5, 0.6) is 0 Å². The maximum atomic E-state index is 12.0. The summed E-state index contributed by atoms with van der Waals surface area (Å²) in [5.74, 6) is -0.744.